The first-order chi connectivity index (χ1) is 12.2. The van der Waals surface area contributed by atoms with E-state index in [1.807, 2.05) is 24.3 Å². The molecule has 25 heavy (non-hydrogen) atoms. The fourth-order valence-electron chi connectivity index (χ4n) is 3.38. The predicted molar refractivity (Wildman–Crippen MR) is 94.5 cm³/mol. The van der Waals surface area contributed by atoms with E-state index in [4.69, 9.17) is 14.0 Å². The number of hydrogen-bond donors (Lipinski definition) is 2. The fraction of sp³-hybridized carbons (Fsp3) is 0.368. The van der Waals surface area contributed by atoms with E-state index in [9.17, 15) is 10.2 Å². The van der Waals surface area contributed by atoms with E-state index < -0.39 is 6.10 Å². The second kappa shape index (κ2) is 6.52. The minimum atomic E-state index is -0.697. The summed E-state index contributed by atoms with van der Waals surface area (Å²) in [5, 5.41) is 20.3. The van der Waals surface area contributed by atoms with Crippen LogP contribution in [0.2, 0.25) is 6.32 Å². The van der Waals surface area contributed by atoms with Crippen molar-refractivity contribution in [2.45, 2.75) is 38.1 Å². The molecule has 2 aromatic rings. The Morgan fingerprint density at radius 3 is 2.52 bits per heavy atom. The summed E-state index contributed by atoms with van der Waals surface area (Å²) in [4.78, 5) is 0. The van der Waals surface area contributed by atoms with Gasteiger partial charge < -0.3 is 24.3 Å². The summed E-state index contributed by atoms with van der Waals surface area (Å²) < 4.78 is 17.6. The Morgan fingerprint density at radius 1 is 1.08 bits per heavy atom. The van der Waals surface area contributed by atoms with Crippen molar-refractivity contribution in [3.63, 3.8) is 0 Å². The highest BCUT2D eigenvalue weighted by Gasteiger charge is 2.36. The lowest BCUT2D eigenvalue weighted by Gasteiger charge is -2.31. The van der Waals surface area contributed by atoms with Crippen molar-refractivity contribution >= 4 is 7.12 Å². The molecule has 0 aliphatic carbocycles. The van der Waals surface area contributed by atoms with Crippen molar-refractivity contribution in [2.24, 2.45) is 0 Å². The number of aliphatic hydroxyl groups is 1. The lowest BCUT2D eigenvalue weighted by atomic mass is 9.83. The zero-order valence-corrected chi connectivity index (χ0v) is 14.1. The summed E-state index contributed by atoms with van der Waals surface area (Å²) in [6, 6.07) is 10.5. The van der Waals surface area contributed by atoms with Crippen LogP contribution in [0.1, 0.15) is 42.9 Å². The topological polar surface area (TPSA) is 68.2 Å². The van der Waals surface area contributed by atoms with Crippen molar-refractivity contribution in [2.75, 3.05) is 6.61 Å². The van der Waals surface area contributed by atoms with Crippen LogP contribution < -0.4 is 14.0 Å². The number of fused-ring (bicyclic) bond motifs is 2. The van der Waals surface area contributed by atoms with Crippen LogP contribution in [0.15, 0.2) is 36.4 Å². The van der Waals surface area contributed by atoms with Crippen LogP contribution in [0.5, 0.6) is 23.0 Å². The monoisotopic (exact) mass is 340 g/mol. The lowest BCUT2D eigenvalue weighted by molar-refractivity contribution is 0.0887. The number of ether oxygens (including phenoxy) is 1. The van der Waals surface area contributed by atoms with Gasteiger partial charge >= 0.3 is 7.12 Å². The van der Waals surface area contributed by atoms with Crippen molar-refractivity contribution in [3.8, 4) is 23.0 Å². The summed E-state index contributed by atoms with van der Waals surface area (Å²) in [5.41, 5.74) is 1.64. The molecule has 0 saturated carbocycles. The first-order valence-electron chi connectivity index (χ1n) is 8.76. The number of phenolic OH excluding ortho intramolecular Hbond substituents is 1. The molecule has 2 unspecified atom stereocenters. The molecule has 0 amide bonds. The van der Waals surface area contributed by atoms with Gasteiger partial charge in [0.15, 0.2) is 0 Å². The molecule has 0 aromatic heterocycles. The first kappa shape index (κ1) is 16.2. The van der Waals surface area contributed by atoms with E-state index in [-0.39, 0.29) is 18.8 Å². The van der Waals surface area contributed by atoms with Gasteiger partial charge in [-0.05, 0) is 23.8 Å². The summed E-state index contributed by atoms with van der Waals surface area (Å²) >= 11 is 0. The first-order valence-corrected chi connectivity index (χ1v) is 8.76. The molecule has 130 valence electrons. The van der Waals surface area contributed by atoms with Crippen LogP contribution in [0.3, 0.4) is 0 Å². The van der Waals surface area contributed by atoms with Crippen LogP contribution in [0, 0.1) is 0 Å². The van der Waals surface area contributed by atoms with E-state index in [0.29, 0.717) is 29.4 Å². The maximum Gasteiger partial charge on any atom is 0.594 e. The van der Waals surface area contributed by atoms with Gasteiger partial charge in [0.1, 0.15) is 23.0 Å². The Balaban J connectivity index is 1.58. The third kappa shape index (κ3) is 3.02. The molecule has 2 aliphatic heterocycles. The fourth-order valence-corrected chi connectivity index (χ4v) is 3.38. The molecule has 0 saturated heterocycles. The zero-order chi connectivity index (χ0) is 17.4. The van der Waals surface area contributed by atoms with Gasteiger partial charge in [-0.1, -0.05) is 31.9 Å². The molecule has 2 aliphatic rings. The Kier molecular flexibility index (Phi) is 4.21. The van der Waals surface area contributed by atoms with Gasteiger partial charge in [0.25, 0.3) is 0 Å². The Hall–Kier alpha value is -2.34. The molecule has 2 atom stereocenters. The minimum Gasteiger partial charge on any atom is -0.523 e. The van der Waals surface area contributed by atoms with E-state index in [2.05, 4.69) is 6.92 Å². The van der Waals surface area contributed by atoms with Crippen LogP contribution in [0.25, 0.3) is 0 Å². The number of benzene rings is 2. The highest BCUT2D eigenvalue weighted by molar-refractivity contribution is 6.47. The highest BCUT2D eigenvalue weighted by Crippen LogP contribution is 2.47. The number of phenols is 1. The molecule has 2 heterocycles. The number of rotatable bonds is 4. The molecule has 0 bridgehead atoms. The minimum absolute atomic E-state index is 0.190. The van der Waals surface area contributed by atoms with Crippen molar-refractivity contribution in [3.05, 3.63) is 47.5 Å². The normalized spacial score (nSPS) is 21.0. The summed E-state index contributed by atoms with van der Waals surface area (Å²) in [5.74, 6) is 1.99. The maximum absolute atomic E-state index is 10.8. The van der Waals surface area contributed by atoms with Gasteiger partial charge in [0.2, 0.25) is 0 Å². The average Bonchev–Trinajstić information content (AvgIpc) is 3.01. The van der Waals surface area contributed by atoms with E-state index in [1.165, 1.54) is 0 Å². The van der Waals surface area contributed by atoms with Crippen molar-refractivity contribution in [1.29, 1.82) is 0 Å². The summed E-state index contributed by atoms with van der Waals surface area (Å²) in [6.45, 7) is 2.51. The number of hydrogen-bond acceptors (Lipinski definition) is 5. The molecule has 4 rings (SSSR count). The lowest BCUT2D eigenvalue weighted by Crippen LogP contribution is -2.24. The largest absolute Gasteiger partial charge is 0.594 e. The molecular formula is C19H21BO5. The van der Waals surface area contributed by atoms with Crippen LogP contribution in [-0.2, 0) is 0 Å². The number of aliphatic hydroxyl groups excluding tert-OH is 1. The van der Waals surface area contributed by atoms with Gasteiger partial charge in [-0.3, -0.25) is 0 Å². The van der Waals surface area contributed by atoms with Gasteiger partial charge in [-0.15, -0.1) is 0 Å². The Bertz CT molecular complexity index is 761. The van der Waals surface area contributed by atoms with E-state index in [0.717, 1.165) is 24.7 Å². The molecule has 2 N–H and O–H groups in total. The standard InChI is InChI=1S/C19H21BO5/c1-2-3-8-20-24-17-9-14-16(10-18(17)25-20)23-11-15(19(14)22)12-4-6-13(21)7-5-12/h4-7,9-10,15,19,21-22H,2-3,8,11H2,1H3. The molecule has 6 heteroatoms. The molecule has 0 radical (unpaired) electrons. The Labute approximate surface area is 147 Å². The van der Waals surface area contributed by atoms with Crippen molar-refractivity contribution in [1.82, 2.24) is 0 Å². The zero-order valence-electron chi connectivity index (χ0n) is 14.1. The second-order valence-electron chi connectivity index (χ2n) is 6.60. The van der Waals surface area contributed by atoms with Crippen LogP contribution in [-0.4, -0.2) is 23.9 Å². The van der Waals surface area contributed by atoms with Gasteiger partial charge in [-0.2, -0.15) is 0 Å². The third-order valence-electron chi connectivity index (χ3n) is 4.83. The average molecular weight is 340 g/mol. The molecular weight excluding hydrogens is 319 g/mol. The van der Waals surface area contributed by atoms with Crippen LogP contribution >= 0.6 is 0 Å². The summed E-state index contributed by atoms with van der Waals surface area (Å²) in [7, 11) is -0.260. The SMILES string of the molecule is CCCCB1Oc2cc3c(cc2O1)C(O)C(c1ccc(O)cc1)CO3. The summed E-state index contributed by atoms with van der Waals surface area (Å²) in [6.07, 6.45) is 2.28. The predicted octanol–water partition coefficient (Wildman–Crippen LogP) is 3.66. The van der Waals surface area contributed by atoms with Gasteiger partial charge in [0.05, 0.1) is 12.7 Å². The second-order valence-corrected chi connectivity index (χ2v) is 6.60. The molecule has 0 spiro atoms. The van der Waals surface area contributed by atoms with Crippen molar-refractivity contribution < 1.29 is 24.3 Å². The van der Waals surface area contributed by atoms with Gasteiger partial charge in [-0.25, -0.2) is 0 Å². The van der Waals surface area contributed by atoms with E-state index in [1.54, 1.807) is 12.1 Å². The third-order valence-corrected chi connectivity index (χ3v) is 4.83. The number of aromatic hydroxyl groups is 1. The molecule has 5 nitrogen and oxygen atoms in total. The Morgan fingerprint density at radius 2 is 1.80 bits per heavy atom. The molecule has 0 fully saturated rings. The maximum atomic E-state index is 10.8. The van der Waals surface area contributed by atoms with Gasteiger partial charge in [0, 0.05) is 23.9 Å². The molecule has 2 aromatic carbocycles. The number of unbranched alkanes of at least 4 members (excludes halogenated alkanes) is 1. The smallest absolute Gasteiger partial charge is 0.523 e. The quantitative estimate of drug-likeness (QED) is 0.832. The van der Waals surface area contributed by atoms with E-state index >= 15 is 0 Å². The highest BCUT2D eigenvalue weighted by atomic mass is 16.6. The van der Waals surface area contributed by atoms with Crippen LogP contribution in [0.4, 0.5) is 0 Å².